The first-order chi connectivity index (χ1) is 15.9. The highest BCUT2D eigenvalue weighted by Crippen LogP contribution is 2.39. The van der Waals surface area contributed by atoms with E-state index in [0.717, 1.165) is 57.3 Å². The number of anilines is 1. The monoisotopic (exact) mass is 457 g/mol. The smallest absolute Gasteiger partial charge is 0.410 e. The Bertz CT molecular complexity index is 869. The average molecular weight is 458 g/mol. The molecule has 180 valence electrons. The van der Waals surface area contributed by atoms with E-state index in [9.17, 15) is 14.4 Å². The van der Waals surface area contributed by atoms with Gasteiger partial charge in [-0.2, -0.15) is 0 Å². The molecule has 2 unspecified atom stereocenters. The second kappa shape index (κ2) is 10.1. The number of hydrogen-bond acceptors (Lipinski definition) is 6. The lowest BCUT2D eigenvalue weighted by molar-refractivity contribution is -0.117. The van der Waals surface area contributed by atoms with Crippen LogP contribution in [0.25, 0.3) is 0 Å². The van der Waals surface area contributed by atoms with Crippen molar-refractivity contribution in [3.8, 4) is 0 Å². The van der Waals surface area contributed by atoms with Gasteiger partial charge in [-0.05, 0) is 63.6 Å². The molecule has 4 rings (SSSR count). The van der Waals surface area contributed by atoms with E-state index in [4.69, 9.17) is 9.47 Å². The molecule has 0 N–H and O–H groups in total. The number of nitrogens with zero attached hydrogens (tertiary/aromatic N) is 3. The van der Waals surface area contributed by atoms with E-state index in [1.54, 1.807) is 25.1 Å². The Morgan fingerprint density at radius 1 is 1.03 bits per heavy atom. The van der Waals surface area contributed by atoms with E-state index in [1.807, 2.05) is 22.8 Å². The predicted molar refractivity (Wildman–Crippen MR) is 124 cm³/mol. The average Bonchev–Trinajstić information content (AvgIpc) is 3.09. The summed E-state index contributed by atoms with van der Waals surface area (Å²) in [7, 11) is 1.36. The van der Waals surface area contributed by atoms with E-state index in [1.165, 1.54) is 7.11 Å². The highest BCUT2D eigenvalue weighted by Gasteiger charge is 2.46. The van der Waals surface area contributed by atoms with Gasteiger partial charge in [-0.15, -0.1) is 0 Å². The molecule has 2 atom stereocenters. The number of rotatable bonds is 5. The quantitative estimate of drug-likeness (QED) is 0.630. The van der Waals surface area contributed by atoms with E-state index in [2.05, 4.69) is 4.90 Å². The maximum atomic E-state index is 12.6. The van der Waals surface area contributed by atoms with Crippen molar-refractivity contribution in [3.63, 3.8) is 0 Å². The molecule has 8 nitrogen and oxygen atoms in total. The second-order valence-corrected chi connectivity index (χ2v) is 9.31. The summed E-state index contributed by atoms with van der Waals surface area (Å²) in [6, 6.07) is 8.24. The molecular weight excluding hydrogens is 422 g/mol. The third-order valence-electron chi connectivity index (χ3n) is 7.45. The van der Waals surface area contributed by atoms with Crippen LogP contribution in [0.2, 0.25) is 0 Å². The molecule has 1 aromatic rings. The van der Waals surface area contributed by atoms with Crippen molar-refractivity contribution in [3.05, 3.63) is 29.8 Å². The van der Waals surface area contributed by atoms with Crippen molar-refractivity contribution in [2.45, 2.75) is 76.5 Å². The number of methoxy groups -OCH3 is 1. The number of hydrogen-bond donors (Lipinski definition) is 0. The van der Waals surface area contributed by atoms with Crippen LogP contribution in [0, 0.1) is 0 Å². The summed E-state index contributed by atoms with van der Waals surface area (Å²) >= 11 is 0. The normalized spacial score (nSPS) is 25.5. The van der Waals surface area contributed by atoms with Gasteiger partial charge in [-0.25, -0.2) is 9.59 Å². The van der Waals surface area contributed by atoms with Crippen LogP contribution in [0.1, 0.15) is 62.7 Å². The summed E-state index contributed by atoms with van der Waals surface area (Å²) in [4.78, 5) is 43.3. The molecular formula is C25H35N3O5. The maximum Gasteiger partial charge on any atom is 0.410 e. The third-order valence-corrected chi connectivity index (χ3v) is 7.45. The number of esters is 1. The van der Waals surface area contributed by atoms with Gasteiger partial charge in [-0.1, -0.05) is 6.07 Å². The van der Waals surface area contributed by atoms with Crippen molar-refractivity contribution in [2.24, 2.45) is 0 Å². The molecule has 33 heavy (non-hydrogen) atoms. The zero-order valence-corrected chi connectivity index (χ0v) is 19.9. The number of carbonyl (C=O) groups excluding carboxylic acids is 3. The van der Waals surface area contributed by atoms with Crippen LogP contribution < -0.4 is 4.90 Å². The van der Waals surface area contributed by atoms with Gasteiger partial charge in [0, 0.05) is 49.9 Å². The molecule has 0 saturated carbocycles. The fourth-order valence-corrected chi connectivity index (χ4v) is 6.00. The van der Waals surface area contributed by atoms with Gasteiger partial charge in [0.15, 0.2) is 0 Å². The molecule has 0 radical (unpaired) electrons. The van der Waals surface area contributed by atoms with Crippen LogP contribution >= 0.6 is 0 Å². The first-order valence-electron chi connectivity index (χ1n) is 12.1. The molecule has 2 bridgehead atoms. The highest BCUT2D eigenvalue weighted by atomic mass is 16.6. The van der Waals surface area contributed by atoms with Crippen LogP contribution in [0.5, 0.6) is 0 Å². The molecule has 3 aliphatic rings. The van der Waals surface area contributed by atoms with Gasteiger partial charge in [-0.3, -0.25) is 4.79 Å². The molecule has 2 amide bonds. The summed E-state index contributed by atoms with van der Waals surface area (Å²) in [5, 5.41) is 0. The van der Waals surface area contributed by atoms with Gasteiger partial charge in [0.05, 0.1) is 19.3 Å². The molecule has 3 fully saturated rings. The lowest BCUT2D eigenvalue weighted by Crippen LogP contribution is -2.55. The topological polar surface area (TPSA) is 79.4 Å². The number of amides is 2. The molecule has 3 aliphatic heterocycles. The lowest BCUT2D eigenvalue weighted by Gasteiger charge is -2.46. The van der Waals surface area contributed by atoms with Crippen molar-refractivity contribution >= 4 is 23.7 Å². The fourth-order valence-electron chi connectivity index (χ4n) is 6.00. The highest BCUT2D eigenvalue weighted by molar-refractivity contribution is 5.95. The Hall–Kier alpha value is -2.61. The van der Waals surface area contributed by atoms with Crippen molar-refractivity contribution in [1.82, 2.24) is 9.80 Å². The van der Waals surface area contributed by atoms with E-state index < -0.39 is 5.97 Å². The van der Waals surface area contributed by atoms with Gasteiger partial charge in [0.25, 0.3) is 0 Å². The Labute approximate surface area is 195 Å². The molecule has 0 aliphatic carbocycles. The molecule has 1 aromatic carbocycles. The minimum absolute atomic E-state index is 0.0174. The van der Waals surface area contributed by atoms with Crippen molar-refractivity contribution in [2.75, 3.05) is 31.7 Å². The Kier molecular flexibility index (Phi) is 7.22. The number of fused-ring (bicyclic) bond motifs is 2. The van der Waals surface area contributed by atoms with Gasteiger partial charge in [0.2, 0.25) is 5.91 Å². The summed E-state index contributed by atoms with van der Waals surface area (Å²) < 4.78 is 10.1. The van der Waals surface area contributed by atoms with Crippen LogP contribution in [0.3, 0.4) is 0 Å². The number of carbonyl (C=O) groups is 3. The predicted octanol–water partition coefficient (Wildman–Crippen LogP) is 3.44. The summed E-state index contributed by atoms with van der Waals surface area (Å²) in [6.45, 7) is 5.71. The van der Waals surface area contributed by atoms with E-state index >= 15 is 0 Å². The summed E-state index contributed by atoms with van der Waals surface area (Å²) in [5.41, 5.74) is 1.19. The molecule has 3 saturated heterocycles. The first-order valence-corrected chi connectivity index (χ1v) is 12.1. The summed E-state index contributed by atoms with van der Waals surface area (Å²) in [5.74, 6) is -0.421. The van der Waals surface area contributed by atoms with Crippen LogP contribution in [0.4, 0.5) is 10.5 Å². The molecule has 0 spiro atoms. The first kappa shape index (κ1) is 23.5. The minimum atomic E-state index is -0.404. The molecule has 0 aromatic heterocycles. The number of benzene rings is 1. The number of piperidine rings is 2. The maximum absolute atomic E-state index is 12.6. The molecule has 8 heteroatoms. The SMILES string of the molecule is CCOC(=O)N1C2CCC1CC(N1CCC(N(C(C)=O)c3cccc(C(=O)OC)c3)CC1)C2. The second-order valence-electron chi connectivity index (χ2n) is 9.31. The van der Waals surface area contributed by atoms with Crippen LogP contribution in [-0.4, -0.2) is 78.7 Å². The third kappa shape index (κ3) is 4.86. The zero-order chi connectivity index (χ0) is 23.5. The van der Waals surface area contributed by atoms with E-state index in [0.29, 0.717) is 18.2 Å². The Morgan fingerprint density at radius 3 is 2.27 bits per heavy atom. The van der Waals surface area contributed by atoms with Crippen LogP contribution in [-0.2, 0) is 14.3 Å². The van der Waals surface area contributed by atoms with Crippen molar-refractivity contribution < 1.29 is 23.9 Å². The van der Waals surface area contributed by atoms with Gasteiger partial charge < -0.3 is 24.2 Å². The Balaban J connectivity index is 1.39. The number of ether oxygens (including phenoxy) is 2. The van der Waals surface area contributed by atoms with Gasteiger partial charge in [0.1, 0.15) is 0 Å². The standard InChI is InChI=1S/C25H35N3O5/c1-4-33-25(31)28-21-8-9-22(28)16-23(15-21)26-12-10-19(11-13-26)27(17(2)29)20-7-5-6-18(14-20)24(30)32-3/h5-7,14,19,21-23H,4,8-13,15-16H2,1-3H3. The largest absolute Gasteiger partial charge is 0.465 e. The van der Waals surface area contributed by atoms with Gasteiger partial charge >= 0.3 is 12.1 Å². The minimum Gasteiger partial charge on any atom is -0.465 e. The van der Waals surface area contributed by atoms with Crippen LogP contribution in [0.15, 0.2) is 24.3 Å². The van der Waals surface area contributed by atoms with E-state index in [-0.39, 0.29) is 30.1 Å². The summed E-state index contributed by atoms with van der Waals surface area (Å²) in [6.07, 6.45) is 5.73. The molecule has 3 heterocycles. The number of likely N-dealkylation sites (tertiary alicyclic amines) is 1. The fraction of sp³-hybridized carbons (Fsp3) is 0.640. The Morgan fingerprint density at radius 2 is 1.70 bits per heavy atom. The zero-order valence-electron chi connectivity index (χ0n) is 19.9. The van der Waals surface area contributed by atoms with Crippen molar-refractivity contribution in [1.29, 1.82) is 0 Å². The lowest BCUT2D eigenvalue weighted by atomic mass is 9.93.